The van der Waals surface area contributed by atoms with Crippen molar-refractivity contribution in [1.82, 2.24) is 4.98 Å². The van der Waals surface area contributed by atoms with Gasteiger partial charge in [-0.05, 0) is 23.8 Å². The standard InChI is InChI=1S/C13H13N5S/c14-6-8-2-1-3-9(4-8)7-19-10-5-11(15)18-13(17)12(10)16/h1-5H,7,16H2,(H4,15,17,18). The summed E-state index contributed by atoms with van der Waals surface area (Å²) < 4.78 is 0. The normalized spacial score (nSPS) is 10.1. The van der Waals surface area contributed by atoms with Crippen LogP contribution < -0.4 is 17.2 Å². The lowest BCUT2D eigenvalue weighted by Gasteiger charge is -2.08. The van der Waals surface area contributed by atoms with Gasteiger partial charge in [0.25, 0.3) is 0 Å². The molecular formula is C13H13N5S. The molecule has 0 aliphatic carbocycles. The smallest absolute Gasteiger partial charge is 0.150 e. The van der Waals surface area contributed by atoms with E-state index in [1.807, 2.05) is 18.2 Å². The minimum atomic E-state index is 0.244. The molecule has 2 rings (SSSR count). The molecule has 0 saturated heterocycles. The van der Waals surface area contributed by atoms with Crippen LogP contribution in [-0.2, 0) is 5.75 Å². The Labute approximate surface area is 115 Å². The third-order valence-electron chi connectivity index (χ3n) is 2.52. The van der Waals surface area contributed by atoms with Gasteiger partial charge in [-0.3, -0.25) is 0 Å². The zero-order chi connectivity index (χ0) is 13.8. The summed E-state index contributed by atoms with van der Waals surface area (Å²) in [7, 11) is 0. The van der Waals surface area contributed by atoms with Crippen molar-refractivity contribution in [3.8, 4) is 6.07 Å². The monoisotopic (exact) mass is 271 g/mol. The molecule has 19 heavy (non-hydrogen) atoms. The van der Waals surface area contributed by atoms with E-state index < -0.39 is 0 Å². The van der Waals surface area contributed by atoms with Gasteiger partial charge in [0.15, 0.2) is 0 Å². The van der Waals surface area contributed by atoms with E-state index >= 15 is 0 Å². The number of rotatable bonds is 3. The van der Waals surface area contributed by atoms with Crippen LogP contribution >= 0.6 is 11.8 Å². The number of nitrogen functional groups attached to an aromatic ring is 3. The van der Waals surface area contributed by atoms with Crippen LogP contribution in [0.25, 0.3) is 0 Å². The van der Waals surface area contributed by atoms with Gasteiger partial charge in [0.05, 0.1) is 17.3 Å². The van der Waals surface area contributed by atoms with Gasteiger partial charge in [-0.1, -0.05) is 12.1 Å². The molecule has 1 aromatic carbocycles. The molecular weight excluding hydrogens is 258 g/mol. The minimum absolute atomic E-state index is 0.244. The predicted octanol–water partition coefficient (Wildman–Crippen LogP) is 1.99. The summed E-state index contributed by atoms with van der Waals surface area (Å²) in [5, 5.41) is 8.85. The zero-order valence-electron chi connectivity index (χ0n) is 10.1. The van der Waals surface area contributed by atoms with E-state index in [4.69, 9.17) is 22.5 Å². The van der Waals surface area contributed by atoms with Crippen LogP contribution in [0.3, 0.4) is 0 Å². The summed E-state index contributed by atoms with van der Waals surface area (Å²) in [4.78, 5) is 4.69. The molecule has 0 radical (unpaired) electrons. The molecule has 96 valence electrons. The molecule has 0 atom stereocenters. The van der Waals surface area contributed by atoms with E-state index in [9.17, 15) is 0 Å². The molecule has 0 amide bonds. The van der Waals surface area contributed by atoms with Gasteiger partial charge < -0.3 is 17.2 Å². The Morgan fingerprint density at radius 1 is 1.21 bits per heavy atom. The number of nitrogens with zero attached hydrogens (tertiary/aromatic N) is 2. The first-order chi connectivity index (χ1) is 9.10. The van der Waals surface area contributed by atoms with E-state index in [1.165, 1.54) is 11.8 Å². The third-order valence-corrected chi connectivity index (χ3v) is 3.65. The number of thioether (sulfide) groups is 1. The lowest BCUT2D eigenvalue weighted by atomic mass is 10.2. The zero-order valence-corrected chi connectivity index (χ0v) is 10.9. The van der Waals surface area contributed by atoms with Crippen molar-refractivity contribution >= 4 is 29.1 Å². The fraction of sp³-hybridized carbons (Fsp3) is 0.0769. The van der Waals surface area contributed by atoms with Crippen LogP contribution in [0.1, 0.15) is 11.1 Å². The largest absolute Gasteiger partial charge is 0.395 e. The molecule has 6 N–H and O–H groups in total. The summed E-state index contributed by atoms with van der Waals surface area (Å²) in [6, 6.07) is 11.2. The molecule has 5 nitrogen and oxygen atoms in total. The number of pyridine rings is 1. The predicted molar refractivity (Wildman–Crippen MR) is 78.2 cm³/mol. The number of benzene rings is 1. The van der Waals surface area contributed by atoms with Gasteiger partial charge in [-0.25, -0.2) is 4.98 Å². The molecule has 0 fully saturated rings. The summed E-state index contributed by atoms with van der Waals surface area (Å²) in [5.41, 5.74) is 19.3. The van der Waals surface area contributed by atoms with Crippen LogP contribution in [-0.4, -0.2) is 4.98 Å². The SMILES string of the molecule is N#Cc1cccc(CSc2cc(N)nc(N)c2N)c1. The van der Waals surface area contributed by atoms with Gasteiger partial charge in [0, 0.05) is 10.6 Å². The molecule has 0 aliphatic heterocycles. The molecule has 0 unspecified atom stereocenters. The van der Waals surface area contributed by atoms with Crippen molar-refractivity contribution in [2.75, 3.05) is 17.2 Å². The lowest BCUT2D eigenvalue weighted by Crippen LogP contribution is -2.02. The second-order valence-electron chi connectivity index (χ2n) is 3.95. The second kappa shape index (κ2) is 5.50. The van der Waals surface area contributed by atoms with Gasteiger partial charge in [0.2, 0.25) is 0 Å². The molecule has 2 aromatic rings. The minimum Gasteiger partial charge on any atom is -0.395 e. The van der Waals surface area contributed by atoms with E-state index in [2.05, 4.69) is 11.1 Å². The highest BCUT2D eigenvalue weighted by Gasteiger charge is 2.07. The molecule has 0 aliphatic rings. The van der Waals surface area contributed by atoms with Gasteiger partial charge in [-0.2, -0.15) is 5.26 Å². The van der Waals surface area contributed by atoms with Crippen LogP contribution in [0.2, 0.25) is 0 Å². The topological polar surface area (TPSA) is 115 Å². The first kappa shape index (κ1) is 13.1. The van der Waals surface area contributed by atoms with Crippen molar-refractivity contribution in [2.24, 2.45) is 0 Å². The molecule has 1 heterocycles. The van der Waals surface area contributed by atoms with Crippen LogP contribution in [0.5, 0.6) is 0 Å². The van der Waals surface area contributed by atoms with Gasteiger partial charge in [-0.15, -0.1) is 11.8 Å². The highest BCUT2D eigenvalue weighted by atomic mass is 32.2. The summed E-state index contributed by atoms with van der Waals surface area (Å²) in [6.45, 7) is 0. The van der Waals surface area contributed by atoms with Crippen LogP contribution in [0.15, 0.2) is 35.2 Å². The van der Waals surface area contributed by atoms with Gasteiger partial charge >= 0.3 is 0 Å². The van der Waals surface area contributed by atoms with E-state index in [0.717, 1.165) is 10.5 Å². The Balaban J connectivity index is 2.17. The highest BCUT2D eigenvalue weighted by Crippen LogP contribution is 2.32. The first-order valence-corrected chi connectivity index (χ1v) is 6.52. The Kier molecular flexibility index (Phi) is 3.78. The van der Waals surface area contributed by atoms with E-state index in [-0.39, 0.29) is 5.82 Å². The summed E-state index contributed by atoms with van der Waals surface area (Å²) >= 11 is 1.51. The van der Waals surface area contributed by atoms with Crippen LogP contribution in [0, 0.1) is 11.3 Å². The lowest BCUT2D eigenvalue weighted by molar-refractivity contribution is 1.28. The number of aromatic nitrogens is 1. The summed E-state index contributed by atoms with van der Waals surface area (Å²) in [6.07, 6.45) is 0. The average Bonchev–Trinajstić information content (AvgIpc) is 2.41. The second-order valence-corrected chi connectivity index (χ2v) is 4.96. The van der Waals surface area contributed by atoms with Crippen molar-refractivity contribution in [2.45, 2.75) is 10.6 Å². The van der Waals surface area contributed by atoms with Crippen molar-refractivity contribution in [1.29, 1.82) is 5.26 Å². The molecule has 0 saturated carbocycles. The quantitative estimate of drug-likeness (QED) is 0.735. The number of hydrogen-bond acceptors (Lipinski definition) is 6. The maximum atomic E-state index is 8.85. The van der Waals surface area contributed by atoms with Gasteiger partial charge in [0.1, 0.15) is 11.6 Å². The molecule has 0 spiro atoms. The fourth-order valence-corrected chi connectivity index (χ4v) is 2.55. The Morgan fingerprint density at radius 3 is 2.74 bits per heavy atom. The molecule has 1 aromatic heterocycles. The van der Waals surface area contributed by atoms with E-state index in [0.29, 0.717) is 22.8 Å². The number of hydrogen-bond donors (Lipinski definition) is 3. The van der Waals surface area contributed by atoms with E-state index in [1.54, 1.807) is 12.1 Å². The van der Waals surface area contributed by atoms with Crippen molar-refractivity contribution in [3.63, 3.8) is 0 Å². The van der Waals surface area contributed by atoms with Crippen molar-refractivity contribution < 1.29 is 0 Å². The Bertz CT molecular complexity index is 648. The Morgan fingerprint density at radius 2 is 2.00 bits per heavy atom. The Hall–Kier alpha value is -2.39. The molecule has 6 heteroatoms. The summed E-state index contributed by atoms with van der Waals surface area (Å²) in [5.74, 6) is 1.27. The maximum absolute atomic E-state index is 8.85. The average molecular weight is 271 g/mol. The number of nitrogens with two attached hydrogens (primary N) is 3. The van der Waals surface area contributed by atoms with Crippen molar-refractivity contribution in [3.05, 3.63) is 41.5 Å². The first-order valence-electron chi connectivity index (χ1n) is 5.53. The fourth-order valence-electron chi connectivity index (χ4n) is 1.58. The molecule has 0 bridgehead atoms. The number of nitriles is 1. The third kappa shape index (κ3) is 3.09. The van der Waals surface area contributed by atoms with Crippen LogP contribution in [0.4, 0.5) is 17.3 Å². The maximum Gasteiger partial charge on any atom is 0.150 e. The number of anilines is 3. The highest BCUT2D eigenvalue weighted by molar-refractivity contribution is 7.98.